The minimum atomic E-state index is -1.17. The summed E-state index contributed by atoms with van der Waals surface area (Å²) in [5.74, 6) is -1.46. The molecule has 2 heterocycles. The van der Waals surface area contributed by atoms with Crippen molar-refractivity contribution in [1.29, 1.82) is 0 Å². The summed E-state index contributed by atoms with van der Waals surface area (Å²) in [5, 5.41) is 29.9. The number of tetrazole rings is 1. The number of aromatic nitrogens is 6. The van der Waals surface area contributed by atoms with Crippen LogP contribution in [0.25, 0.3) is 22.3 Å². The molecule has 14 nitrogen and oxygen atoms in total. The van der Waals surface area contributed by atoms with E-state index in [2.05, 4.69) is 41.2 Å². The summed E-state index contributed by atoms with van der Waals surface area (Å²) in [4.78, 5) is 45.8. The Bertz CT molecular complexity index is 1900. The number of nitrogens with two attached hydrogens (primary N) is 2. The second kappa shape index (κ2) is 16.3. The zero-order valence-electron chi connectivity index (χ0n) is 26.7. The number of halogens is 1. The zero-order chi connectivity index (χ0) is 34.8. The van der Waals surface area contributed by atoms with Gasteiger partial charge in [-0.15, -0.1) is 10.2 Å². The second-order valence-electron chi connectivity index (χ2n) is 10.6. The van der Waals surface area contributed by atoms with Crippen molar-refractivity contribution in [3.63, 3.8) is 0 Å². The number of fused-ring (bicyclic) bond motifs is 1. The molecule has 15 heteroatoms. The summed E-state index contributed by atoms with van der Waals surface area (Å²) in [7, 11) is 0. The van der Waals surface area contributed by atoms with Gasteiger partial charge in [-0.2, -0.15) is 10.2 Å². The summed E-state index contributed by atoms with van der Waals surface area (Å²) in [6, 6.07) is 14.7. The quantitative estimate of drug-likeness (QED) is 0.103. The number of H-pyrrole nitrogens is 1. The molecule has 5 aromatic rings. The molecule has 0 bridgehead atoms. The summed E-state index contributed by atoms with van der Waals surface area (Å²) in [6.07, 6.45) is 1.66. The number of anilines is 2. The lowest BCUT2D eigenvalue weighted by Gasteiger charge is -2.15. The van der Waals surface area contributed by atoms with Crippen LogP contribution in [0.3, 0.4) is 0 Å². The molecule has 0 fully saturated rings. The molecule has 0 aliphatic rings. The molecule has 250 valence electrons. The van der Waals surface area contributed by atoms with Crippen LogP contribution in [0.4, 0.5) is 11.8 Å². The smallest absolute Gasteiger partial charge is 0.326 e. The molecule has 0 radical (unpaired) electrons. The SMILES string of the molecule is CC.Cc1ccc(C(=O)NCCC[C@H](NC(=O)c2ccc(CCc3ccc4nc(N)nc(N)c4c3Cl)cc2)C(=O)O)c(-c2nn[nH]n2)c1. The van der Waals surface area contributed by atoms with E-state index in [4.69, 9.17) is 23.1 Å². The average molecular weight is 673 g/mol. The number of hydrogen-bond donors (Lipinski definition) is 6. The highest BCUT2D eigenvalue weighted by atomic mass is 35.5. The van der Waals surface area contributed by atoms with Gasteiger partial charge in [-0.1, -0.05) is 55.3 Å². The average Bonchev–Trinajstić information content (AvgIpc) is 3.61. The molecule has 0 aliphatic carbocycles. The number of nitrogens with zero attached hydrogens (tertiary/aromatic N) is 5. The Morgan fingerprint density at radius 3 is 2.42 bits per heavy atom. The molecule has 0 saturated heterocycles. The fourth-order valence-electron chi connectivity index (χ4n) is 4.99. The molecule has 0 spiro atoms. The van der Waals surface area contributed by atoms with E-state index in [0.717, 1.165) is 16.7 Å². The number of aryl methyl sites for hydroxylation is 3. The number of hydrogen-bond acceptors (Lipinski definition) is 10. The first kappa shape index (κ1) is 35.2. The number of carbonyl (C=O) groups is 3. The predicted octanol–water partition coefficient (Wildman–Crippen LogP) is 4.14. The van der Waals surface area contributed by atoms with Crippen LogP contribution < -0.4 is 22.1 Å². The second-order valence-corrected chi connectivity index (χ2v) is 11.0. The molecule has 1 atom stereocenters. The topological polar surface area (TPSA) is 228 Å². The van der Waals surface area contributed by atoms with Crippen molar-refractivity contribution in [1.82, 2.24) is 41.2 Å². The molecule has 8 N–H and O–H groups in total. The summed E-state index contributed by atoms with van der Waals surface area (Å²) in [5.41, 5.74) is 16.2. The number of carboxylic acid groups (broad SMARTS) is 1. The van der Waals surface area contributed by atoms with E-state index in [-0.39, 0.29) is 36.5 Å². The normalized spacial score (nSPS) is 11.3. The van der Waals surface area contributed by atoms with E-state index in [0.29, 0.717) is 51.9 Å². The van der Waals surface area contributed by atoms with Crippen molar-refractivity contribution in [3.05, 3.63) is 87.4 Å². The third kappa shape index (κ3) is 8.59. The van der Waals surface area contributed by atoms with Gasteiger partial charge in [0, 0.05) is 17.7 Å². The number of carboxylic acids is 1. The van der Waals surface area contributed by atoms with E-state index in [1.807, 2.05) is 26.8 Å². The third-order valence-corrected chi connectivity index (χ3v) is 7.82. The van der Waals surface area contributed by atoms with Crippen LogP contribution in [0.2, 0.25) is 5.02 Å². The van der Waals surface area contributed by atoms with Gasteiger partial charge in [0.1, 0.15) is 11.9 Å². The number of rotatable bonds is 12. The van der Waals surface area contributed by atoms with Crippen molar-refractivity contribution in [3.8, 4) is 11.4 Å². The third-order valence-electron chi connectivity index (χ3n) is 7.39. The fraction of sp³-hybridized carbons (Fsp3) is 0.273. The maximum atomic E-state index is 12.9. The van der Waals surface area contributed by atoms with Crippen LogP contribution in [0, 0.1) is 6.92 Å². The first-order valence-corrected chi connectivity index (χ1v) is 15.7. The minimum absolute atomic E-state index is 0.0759. The molecule has 2 amide bonds. The first-order valence-electron chi connectivity index (χ1n) is 15.4. The molecule has 0 saturated carbocycles. The van der Waals surface area contributed by atoms with Gasteiger partial charge < -0.3 is 27.2 Å². The number of aromatic amines is 1. The van der Waals surface area contributed by atoms with Crippen LogP contribution in [0.1, 0.15) is 64.1 Å². The van der Waals surface area contributed by atoms with E-state index >= 15 is 0 Å². The number of amides is 2. The highest BCUT2D eigenvalue weighted by molar-refractivity contribution is 6.37. The van der Waals surface area contributed by atoms with Gasteiger partial charge in [-0.05, 0) is 79.3 Å². The highest BCUT2D eigenvalue weighted by Gasteiger charge is 2.21. The van der Waals surface area contributed by atoms with Crippen LogP contribution in [-0.4, -0.2) is 66.1 Å². The Hall–Kier alpha value is -5.63. The maximum Gasteiger partial charge on any atom is 0.326 e. The van der Waals surface area contributed by atoms with Gasteiger partial charge in [-0.3, -0.25) is 9.59 Å². The first-order chi connectivity index (χ1) is 23.1. The van der Waals surface area contributed by atoms with Gasteiger partial charge in [0.15, 0.2) is 0 Å². The van der Waals surface area contributed by atoms with Crippen LogP contribution in [0.5, 0.6) is 0 Å². The lowest BCUT2D eigenvalue weighted by atomic mass is 10.0. The Morgan fingerprint density at radius 2 is 1.73 bits per heavy atom. The number of nitrogen functional groups attached to an aromatic ring is 2. The van der Waals surface area contributed by atoms with E-state index in [1.54, 1.807) is 48.5 Å². The Balaban J connectivity index is 0.00000255. The molecule has 0 aliphatic heterocycles. The number of benzene rings is 3. The van der Waals surface area contributed by atoms with Crippen molar-refractivity contribution < 1.29 is 19.5 Å². The standard InChI is InChI=1S/C31H31ClN10O4.C2H6/c1-16-4-12-20(21(15-16)27-39-41-42-40-27)29(44)35-14-2-3-23(30(45)46)36-28(43)19-9-6-17(7-10-19)5-8-18-11-13-22-24(25(18)32)26(33)38-31(34)37-22;1-2/h4,6-7,9-13,15,23H,2-3,5,8,14H2,1H3,(H,35,44)(H,36,43)(H,45,46)(H4,33,34,37,38)(H,39,40,41,42);1-2H3/t23-;/m0./s1. The molecule has 48 heavy (non-hydrogen) atoms. The van der Waals surface area contributed by atoms with Gasteiger partial charge in [0.2, 0.25) is 11.8 Å². The van der Waals surface area contributed by atoms with Gasteiger partial charge in [-0.25, -0.2) is 9.78 Å². The van der Waals surface area contributed by atoms with Crippen molar-refractivity contribution in [2.24, 2.45) is 0 Å². The van der Waals surface area contributed by atoms with Crippen molar-refractivity contribution in [2.45, 2.75) is 52.5 Å². The molecule has 5 rings (SSSR count). The molecule has 2 aromatic heterocycles. The number of carbonyl (C=O) groups excluding carboxylic acids is 2. The lowest BCUT2D eigenvalue weighted by molar-refractivity contribution is -0.139. The fourth-order valence-corrected chi connectivity index (χ4v) is 5.34. The van der Waals surface area contributed by atoms with Gasteiger partial charge >= 0.3 is 5.97 Å². The Kier molecular flexibility index (Phi) is 11.9. The molecule has 3 aromatic carbocycles. The van der Waals surface area contributed by atoms with Crippen LogP contribution in [-0.2, 0) is 17.6 Å². The summed E-state index contributed by atoms with van der Waals surface area (Å²) in [6.45, 7) is 6.08. The van der Waals surface area contributed by atoms with Gasteiger partial charge in [0.25, 0.3) is 11.8 Å². The highest BCUT2D eigenvalue weighted by Crippen LogP contribution is 2.31. The van der Waals surface area contributed by atoms with Crippen LogP contribution >= 0.6 is 11.6 Å². The molecular formula is C33H37ClN10O4. The lowest BCUT2D eigenvalue weighted by Crippen LogP contribution is -2.41. The van der Waals surface area contributed by atoms with Gasteiger partial charge in [0.05, 0.1) is 21.5 Å². The molecule has 0 unspecified atom stereocenters. The number of aliphatic carboxylic acids is 1. The van der Waals surface area contributed by atoms with Crippen molar-refractivity contribution in [2.75, 3.05) is 18.0 Å². The monoisotopic (exact) mass is 672 g/mol. The van der Waals surface area contributed by atoms with E-state index in [1.165, 1.54) is 0 Å². The van der Waals surface area contributed by atoms with Crippen LogP contribution in [0.15, 0.2) is 54.6 Å². The summed E-state index contributed by atoms with van der Waals surface area (Å²) >= 11 is 6.60. The largest absolute Gasteiger partial charge is 0.480 e. The maximum absolute atomic E-state index is 12.9. The van der Waals surface area contributed by atoms with E-state index in [9.17, 15) is 19.5 Å². The van der Waals surface area contributed by atoms with Crippen molar-refractivity contribution >= 4 is 52.1 Å². The number of nitrogens with one attached hydrogen (secondary N) is 3. The predicted molar refractivity (Wildman–Crippen MR) is 183 cm³/mol. The Labute approximate surface area is 281 Å². The summed E-state index contributed by atoms with van der Waals surface area (Å²) < 4.78 is 0. The molecular weight excluding hydrogens is 636 g/mol. The minimum Gasteiger partial charge on any atom is -0.480 e. The Morgan fingerprint density at radius 1 is 0.979 bits per heavy atom. The van der Waals surface area contributed by atoms with E-state index < -0.39 is 17.9 Å². The zero-order valence-corrected chi connectivity index (χ0v) is 27.5.